The monoisotopic (exact) mass is 319 g/mol. The largest absolute Gasteiger partial charge is 0.467 e. The number of hydrogen-bond donors (Lipinski definition) is 0. The van der Waals surface area contributed by atoms with Gasteiger partial charge >= 0.3 is 5.97 Å². The highest BCUT2D eigenvalue weighted by molar-refractivity contribution is 7.91. The van der Waals surface area contributed by atoms with Gasteiger partial charge in [-0.3, -0.25) is 14.3 Å². The molecule has 118 valence electrons. The summed E-state index contributed by atoms with van der Waals surface area (Å²) in [6.45, 7) is 3.23. The molecule has 0 amide bonds. The molecule has 9 heteroatoms. The lowest BCUT2D eigenvalue weighted by Gasteiger charge is -2.19. The Morgan fingerprint density at radius 1 is 1.48 bits per heavy atom. The van der Waals surface area contributed by atoms with E-state index in [1.165, 1.54) is 12.2 Å². The van der Waals surface area contributed by atoms with E-state index in [-0.39, 0.29) is 11.3 Å². The molecule has 0 aromatic heterocycles. The van der Waals surface area contributed by atoms with Gasteiger partial charge in [-0.25, -0.2) is 4.79 Å². The van der Waals surface area contributed by atoms with Crippen molar-refractivity contribution in [2.24, 2.45) is 5.92 Å². The standard InChI is InChI=1S/C12H17NO7S/c1-8(2)11(12(14)19-3)20-21(17,18)10-6-4-9(5-7-10)13(15)16/h4,6-9,11H,5H2,1-3H3. The SMILES string of the molecule is COC(=O)C(OS(=O)(=O)C1=CCC([N+](=O)[O-])C=C1)C(C)C. The summed E-state index contributed by atoms with van der Waals surface area (Å²) in [4.78, 5) is 21.4. The number of carbonyl (C=O) groups is 1. The fourth-order valence-electron chi connectivity index (χ4n) is 1.66. The van der Waals surface area contributed by atoms with Gasteiger partial charge in [0.15, 0.2) is 6.10 Å². The van der Waals surface area contributed by atoms with E-state index < -0.39 is 39.1 Å². The molecule has 0 N–H and O–H groups in total. The molecule has 0 saturated carbocycles. The van der Waals surface area contributed by atoms with Gasteiger partial charge in [0.25, 0.3) is 10.1 Å². The summed E-state index contributed by atoms with van der Waals surface area (Å²) in [5.41, 5.74) is 0. The molecule has 0 aromatic carbocycles. The molecule has 8 nitrogen and oxygen atoms in total. The van der Waals surface area contributed by atoms with Gasteiger partial charge in [0.1, 0.15) is 0 Å². The molecule has 2 atom stereocenters. The third kappa shape index (κ3) is 4.36. The van der Waals surface area contributed by atoms with E-state index in [0.29, 0.717) is 0 Å². The maximum Gasteiger partial charge on any atom is 0.336 e. The summed E-state index contributed by atoms with van der Waals surface area (Å²) in [6.07, 6.45) is 2.19. The van der Waals surface area contributed by atoms with Crippen molar-refractivity contribution in [1.29, 1.82) is 0 Å². The van der Waals surface area contributed by atoms with Crippen molar-refractivity contribution in [3.63, 3.8) is 0 Å². The first-order chi connectivity index (χ1) is 9.69. The van der Waals surface area contributed by atoms with Gasteiger partial charge in [-0.1, -0.05) is 19.9 Å². The van der Waals surface area contributed by atoms with Crippen LogP contribution in [0.2, 0.25) is 0 Å². The number of ether oxygens (including phenoxy) is 1. The van der Waals surface area contributed by atoms with E-state index in [9.17, 15) is 23.3 Å². The average Bonchev–Trinajstić information content (AvgIpc) is 2.43. The quantitative estimate of drug-likeness (QED) is 0.311. The van der Waals surface area contributed by atoms with Gasteiger partial charge in [0.2, 0.25) is 6.04 Å². The molecular weight excluding hydrogens is 302 g/mol. The maximum absolute atomic E-state index is 12.1. The molecule has 21 heavy (non-hydrogen) atoms. The van der Waals surface area contributed by atoms with Crippen LogP contribution >= 0.6 is 0 Å². The van der Waals surface area contributed by atoms with E-state index in [0.717, 1.165) is 13.2 Å². The number of allylic oxidation sites excluding steroid dienone is 1. The molecule has 1 rings (SSSR count). The maximum atomic E-state index is 12.1. The minimum Gasteiger partial charge on any atom is -0.467 e. The van der Waals surface area contributed by atoms with Crippen molar-refractivity contribution in [2.75, 3.05) is 7.11 Å². The fraction of sp³-hybridized carbons (Fsp3) is 0.583. The summed E-state index contributed by atoms with van der Waals surface area (Å²) in [7, 11) is -3.05. The second-order valence-electron chi connectivity index (χ2n) is 4.79. The summed E-state index contributed by atoms with van der Waals surface area (Å²) in [6, 6.07) is -0.953. The topological polar surface area (TPSA) is 113 Å². The van der Waals surface area contributed by atoms with Crippen molar-refractivity contribution in [3.05, 3.63) is 33.2 Å². The molecule has 0 saturated heterocycles. The fourth-order valence-corrected chi connectivity index (χ4v) is 2.89. The Morgan fingerprint density at radius 2 is 2.10 bits per heavy atom. The molecule has 2 unspecified atom stereocenters. The van der Waals surface area contributed by atoms with Crippen LogP contribution in [-0.2, 0) is 23.8 Å². The molecule has 0 radical (unpaired) electrons. The number of rotatable bonds is 6. The summed E-state index contributed by atoms with van der Waals surface area (Å²) in [5.74, 6) is -1.20. The number of esters is 1. The normalized spacial score (nSPS) is 20.0. The summed E-state index contributed by atoms with van der Waals surface area (Å²) in [5, 5.41) is 10.6. The Kier molecular flexibility index (Phi) is 5.62. The van der Waals surface area contributed by atoms with Crippen molar-refractivity contribution in [2.45, 2.75) is 32.4 Å². The molecule has 0 aliphatic heterocycles. The number of methoxy groups -OCH3 is 1. The Morgan fingerprint density at radius 3 is 2.48 bits per heavy atom. The van der Waals surface area contributed by atoms with Crippen LogP contribution in [0.3, 0.4) is 0 Å². The van der Waals surface area contributed by atoms with Crippen molar-refractivity contribution < 1.29 is 27.1 Å². The van der Waals surface area contributed by atoms with Gasteiger partial charge in [-0.2, -0.15) is 8.42 Å². The van der Waals surface area contributed by atoms with Gasteiger partial charge in [-0.05, 0) is 18.1 Å². The molecule has 0 spiro atoms. The molecular formula is C12H17NO7S. The van der Waals surface area contributed by atoms with Crippen molar-refractivity contribution in [1.82, 2.24) is 0 Å². The van der Waals surface area contributed by atoms with Crippen LogP contribution in [0.25, 0.3) is 0 Å². The van der Waals surface area contributed by atoms with Crippen molar-refractivity contribution in [3.8, 4) is 0 Å². The Balaban J connectivity index is 2.90. The minimum absolute atomic E-state index is 0.0496. The lowest BCUT2D eigenvalue weighted by molar-refractivity contribution is -0.508. The average molecular weight is 319 g/mol. The predicted molar refractivity (Wildman–Crippen MR) is 73.3 cm³/mol. The third-order valence-corrected chi connectivity index (χ3v) is 4.21. The number of nitrogens with zero attached hydrogens (tertiary/aromatic N) is 1. The predicted octanol–water partition coefficient (Wildman–Crippen LogP) is 1.02. The first-order valence-corrected chi connectivity index (χ1v) is 7.63. The van der Waals surface area contributed by atoms with Crippen LogP contribution in [0, 0.1) is 16.0 Å². The zero-order chi connectivity index (χ0) is 16.2. The van der Waals surface area contributed by atoms with E-state index >= 15 is 0 Å². The number of nitro groups is 1. The van der Waals surface area contributed by atoms with Crippen LogP contribution < -0.4 is 0 Å². The van der Waals surface area contributed by atoms with Crippen LogP contribution in [0.15, 0.2) is 23.1 Å². The van der Waals surface area contributed by atoms with Crippen LogP contribution in [0.5, 0.6) is 0 Å². The van der Waals surface area contributed by atoms with Crippen LogP contribution in [0.4, 0.5) is 0 Å². The Hall–Kier alpha value is -1.74. The molecule has 0 aromatic rings. The van der Waals surface area contributed by atoms with E-state index in [1.54, 1.807) is 13.8 Å². The zero-order valence-electron chi connectivity index (χ0n) is 11.9. The Labute approximate surface area is 122 Å². The van der Waals surface area contributed by atoms with Gasteiger partial charge in [0, 0.05) is 11.3 Å². The molecule has 0 bridgehead atoms. The van der Waals surface area contributed by atoms with E-state index in [4.69, 9.17) is 4.18 Å². The number of carbonyl (C=O) groups excluding carboxylic acids is 1. The first kappa shape index (κ1) is 17.3. The minimum atomic E-state index is -4.18. The molecule has 1 aliphatic rings. The third-order valence-electron chi connectivity index (χ3n) is 2.87. The smallest absolute Gasteiger partial charge is 0.336 e. The highest BCUT2D eigenvalue weighted by atomic mass is 32.2. The van der Waals surface area contributed by atoms with Gasteiger partial charge < -0.3 is 4.74 Å². The summed E-state index contributed by atoms with van der Waals surface area (Å²) >= 11 is 0. The van der Waals surface area contributed by atoms with Gasteiger partial charge in [-0.15, -0.1) is 0 Å². The van der Waals surface area contributed by atoms with E-state index in [2.05, 4.69) is 4.74 Å². The molecule has 1 aliphatic carbocycles. The first-order valence-electron chi connectivity index (χ1n) is 6.22. The zero-order valence-corrected chi connectivity index (χ0v) is 12.7. The lowest BCUT2D eigenvalue weighted by atomic mass is 10.1. The van der Waals surface area contributed by atoms with Crippen LogP contribution in [-0.4, -0.2) is 38.6 Å². The van der Waals surface area contributed by atoms with Gasteiger partial charge in [0.05, 0.1) is 12.0 Å². The van der Waals surface area contributed by atoms with Crippen LogP contribution in [0.1, 0.15) is 20.3 Å². The highest BCUT2D eigenvalue weighted by Gasteiger charge is 2.32. The second-order valence-corrected chi connectivity index (χ2v) is 6.36. The molecule has 0 heterocycles. The molecule has 0 fully saturated rings. The Bertz CT molecular complexity index is 576. The summed E-state index contributed by atoms with van der Waals surface area (Å²) < 4.78 is 33.6. The number of hydrogen-bond acceptors (Lipinski definition) is 7. The van der Waals surface area contributed by atoms with Crippen molar-refractivity contribution >= 4 is 16.1 Å². The van der Waals surface area contributed by atoms with E-state index in [1.807, 2.05) is 0 Å². The second kappa shape index (κ2) is 6.81. The lowest BCUT2D eigenvalue weighted by Crippen LogP contribution is -2.33. The highest BCUT2D eigenvalue weighted by Crippen LogP contribution is 2.22.